The molecule has 0 aromatic heterocycles. The third-order valence-corrected chi connectivity index (χ3v) is 2.77. The van der Waals surface area contributed by atoms with E-state index >= 15 is 0 Å². The standard InChI is InChI=1S/C11H14BrNO3/c1-13(11(15)16-7-6-14)8-9-4-2-3-5-10(9)12/h2-5,14H,6-8H2,1H3. The number of hydrogen-bond acceptors (Lipinski definition) is 3. The van der Waals surface area contributed by atoms with Gasteiger partial charge in [-0.25, -0.2) is 4.79 Å². The van der Waals surface area contributed by atoms with Gasteiger partial charge >= 0.3 is 6.09 Å². The molecule has 0 atom stereocenters. The quantitative estimate of drug-likeness (QED) is 0.922. The monoisotopic (exact) mass is 287 g/mol. The fraction of sp³-hybridized carbons (Fsp3) is 0.364. The molecule has 1 rings (SSSR count). The van der Waals surface area contributed by atoms with Gasteiger partial charge in [0.1, 0.15) is 6.61 Å². The summed E-state index contributed by atoms with van der Waals surface area (Å²) in [5.74, 6) is 0. The highest BCUT2D eigenvalue weighted by Gasteiger charge is 2.11. The van der Waals surface area contributed by atoms with Crippen molar-refractivity contribution in [3.63, 3.8) is 0 Å². The molecule has 1 aromatic carbocycles. The highest BCUT2D eigenvalue weighted by atomic mass is 79.9. The van der Waals surface area contributed by atoms with Crippen LogP contribution in [0.2, 0.25) is 0 Å². The third kappa shape index (κ3) is 3.83. The molecule has 0 aliphatic carbocycles. The number of amides is 1. The number of aliphatic hydroxyl groups is 1. The summed E-state index contributed by atoms with van der Waals surface area (Å²) in [4.78, 5) is 12.8. The van der Waals surface area contributed by atoms with E-state index in [1.807, 2.05) is 24.3 Å². The first kappa shape index (κ1) is 13.0. The number of ether oxygens (including phenoxy) is 1. The van der Waals surface area contributed by atoms with Gasteiger partial charge in [0, 0.05) is 18.1 Å². The number of aliphatic hydroxyl groups excluding tert-OH is 1. The van der Waals surface area contributed by atoms with Crippen LogP contribution >= 0.6 is 15.9 Å². The van der Waals surface area contributed by atoms with Crippen LogP contribution in [0.3, 0.4) is 0 Å². The Morgan fingerprint density at radius 2 is 2.19 bits per heavy atom. The number of halogens is 1. The fourth-order valence-electron chi connectivity index (χ4n) is 1.19. The molecule has 4 nitrogen and oxygen atoms in total. The zero-order chi connectivity index (χ0) is 12.0. The van der Waals surface area contributed by atoms with E-state index in [2.05, 4.69) is 15.9 Å². The molecular formula is C11H14BrNO3. The lowest BCUT2D eigenvalue weighted by molar-refractivity contribution is 0.0893. The van der Waals surface area contributed by atoms with Crippen molar-refractivity contribution in [2.45, 2.75) is 6.54 Å². The molecule has 0 saturated carbocycles. The van der Waals surface area contributed by atoms with Crippen molar-refractivity contribution >= 4 is 22.0 Å². The summed E-state index contributed by atoms with van der Waals surface area (Å²) in [7, 11) is 1.65. The van der Waals surface area contributed by atoms with Gasteiger partial charge in [0.15, 0.2) is 0 Å². The van der Waals surface area contributed by atoms with Crippen LogP contribution in [0.1, 0.15) is 5.56 Å². The zero-order valence-electron chi connectivity index (χ0n) is 9.02. The Labute approximate surface area is 103 Å². The molecule has 1 amide bonds. The predicted molar refractivity (Wildman–Crippen MR) is 64.0 cm³/mol. The summed E-state index contributed by atoms with van der Waals surface area (Å²) < 4.78 is 5.74. The lowest BCUT2D eigenvalue weighted by Crippen LogP contribution is -2.27. The number of rotatable bonds is 4. The van der Waals surface area contributed by atoms with Gasteiger partial charge in [0.2, 0.25) is 0 Å². The molecule has 0 aliphatic heterocycles. The Hall–Kier alpha value is -1.07. The van der Waals surface area contributed by atoms with E-state index in [4.69, 9.17) is 9.84 Å². The number of nitrogens with zero attached hydrogens (tertiary/aromatic N) is 1. The van der Waals surface area contributed by atoms with Crippen molar-refractivity contribution in [1.82, 2.24) is 4.90 Å². The molecule has 0 heterocycles. The van der Waals surface area contributed by atoms with E-state index < -0.39 is 6.09 Å². The maximum Gasteiger partial charge on any atom is 0.409 e. The Bertz CT molecular complexity index is 357. The third-order valence-electron chi connectivity index (χ3n) is 1.99. The minimum Gasteiger partial charge on any atom is -0.447 e. The van der Waals surface area contributed by atoms with Crippen LogP contribution in [0.4, 0.5) is 4.79 Å². The van der Waals surface area contributed by atoms with Crippen molar-refractivity contribution in [1.29, 1.82) is 0 Å². The van der Waals surface area contributed by atoms with Crippen LogP contribution in [-0.2, 0) is 11.3 Å². The van der Waals surface area contributed by atoms with Crippen molar-refractivity contribution in [3.8, 4) is 0 Å². The second-order valence-corrected chi connectivity index (χ2v) is 4.14. The summed E-state index contributed by atoms with van der Waals surface area (Å²) >= 11 is 3.41. The smallest absolute Gasteiger partial charge is 0.409 e. The van der Waals surface area contributed by atoms with Crippen LogP contribution in [0.15, 0.2) is 28.7 Å². The van der Waals surface area contributed by atoms with E-state index in [0.717, 1.165) is 10.0 Å². The van der Waals surface area contributed by atoms with Crippen LogP contribution in [0, 0.1) is 0 Å². The van der Waals surface area contributed by atoms with Gasteiger partial charge in [0.25, 0.3) is 0 Å². The van der Waals surface area contributed by atoms with Crippen LogP contribution in [0.25, 0.3) is 0 Å². The lowest BCUT2D eigenvalue weighted by Gasteiger charge is -2.17. The second kappa shape index (κ2) is 6.50. The summed E-state index contributed by atoms with van der Waals surface area (Å²) in [5, 5.41) is 8.53. The molecule has 0 saturated heterocycles. The van der Waals surface area contributed by atoms with E-state index in [1.165, 1.54) is 4.90 Å². The second-order valence-electron chi connectivity index (χ2n) is 3.29. The van der Waals surface area contributed by atoms with E-state index in [9.17, 15) is 4.79 Å². The van der Waals surface area contributed by atoms with Crippen LogP contribution in [0.5, 0.6) is 0 Å². The molecule has 5 heteroatoms. The molecule has 0 fully saturated rings. The Balaban J connectivity index is 2.54. The number of hydrogen-bond donors (Lipinski definition) is 1. The van der Waals surface area contributed by atoms with Gasteiger partial charge < -0.3 is 14.7 Å². The number of benzene rings is 1. The number of carbonyl (C=O) groups excluding carboxylic acids is 1. The predicted octanol–water partition coefficient (Wildman–Crippen LogP) is 2.01. The first-order valence-electron chi connectivity index (χ1n) is 4.87. The van der Waals surface area contributed by atoms with Gasteiger partial charge in [0.05, 0.1) is 6.61 Å². The summed E-state index contributed by atoms with van der Waals surface area (Å²) in [6, 6.07) is 7.67. The van der Waals surface area contributed by atoms with Gasteiger partial charge in [-0.1, -0.05) is 34.1 Å². The van der Waals surface area contributed by atoms with E-state index in [1.54, 1.807) is 7.05 Å². The molecule has 0 radical (unpaired) electrons. The summed E-state index contributed by atoms with van der Waals surface area (Å²) in [5.41, 5.74) is 1.01. The first-order valence-corrected chi connectivity index (χ1v) is 5.66. The molecule has 16 heavy (non-hydrogen) atoms. The Kier molecular flexibility index (Phi) is 5.28. The molecular weight excluding hydrogens is 274 g/mol. The van der Waals surface area contributed by atoms with E-state index in [0.29, 0.717) is 6.54 Å². The van der Waals surface area contributed by atoms with Crippen molar-refractivity contribution < 1.29 is 14.6 Å². The minimum absolute atomic E-state index is 0.0269. The lowest BCUT2D eigenvalue weighted by atomic mass is 10.2. The summed E-state index contributed by atoms with van der Waals surface area (Å²) in [6.45, 7) is 0.333. The van der Waals surface area contributed by atoms with Crippen LogP contribution in [-0.4, -0.2) is 36.4 Å². The summed E-state index contributed by atoms with van der Waals surface area (Å²) in [6.07, 6.45) is -0.440. The zero-order valence-corrected chi connectivity index (χ0v) is 10.6. The number of carbonyl (C=O) groups is 1. The first-order chi connectivity index (χ1) is 7.65. The van der Waals surface area contributed by atoms with E-state index in [-0.39, 0.29) is 13.2 Å². The SMILES string of the molecule is CN(Cc1ccccc1Br)C(=O)OCCO. The van der Waals surface area contributed by atoms with Crippen molar-refractivity contribution in [3.05, 3.63) is 34.3 Å². The molecule has 1 N–H and O–H groups in total. The Morgan fingerprint density at radius 3 is 2.81 bits per heavy atom. The van der Waals surface area contributed by atoms with Crippen molar-refractivity contribution in [2.24, 2.45) is 0 Å². The van der Waals surface area contributed by atoms with Gasteiger partial charge in [-0.05, 0) is 11.6 Å². The normalized spacial score (nSPS) is 9.94. The molecule has 0 aliphatic rings. The molecule has 1 aromatic rings. The highest BCUT2D eigenvalue weighted by molar-refractivity contribution is 9.10. The molecule has 88 valence electrons. The van der Waals surface area contributed by atoms with Crippen LogP contribution < -0.4 is 0 Å². The maximum absolute atomic E-state index is 11.4. The van der Waals surface area contributed by atoms with Gasteiger partial charge in [-0.3, -0.25) is 0 Å². The fourth-order valence-corrected chi connectivity index (χ4v) is 1.60. The molecule has 0 unspecified atom stereocenters. The molecule has 0 spiro atoms. The Morgan fingerprint density at radius 1 is 1.50 bits per heavy atom. The largest absolute Gasteiger partial charge is 0.447 e. The topological polar surface area (TPSA) is 49.8 Å². The van der Waals surface area contributed by atoms with Crippen molar-refractivity contribution in [2.75, 3.05) is 20.3 Å². The van der Waals surface area contributed by atoms with Gasteiger partial charge in [-0.2, -0.15) is 0 Å². The minimum atomic E-state index is -0.440. The highest BCUT2D eigenvalue weighted by Crippen LogP contribution is 2.17. The molecule has 0 bridgehead atoms. The van der Waals surface area contributed by atoms with Gasteiger partial charge in [-0.15, -0.1) is 0 Å². The average molecular weight is 288 g/mol. The average Bonchev–Trinajstić information content (AvgIpc) is 2.28. The maximum atomic E-state index is 11.4.